The summed E-state index contributed by atoms with van der Waals surface area (Å²) in [6.45, 7) is 0. The van der Waals surface area contributed by atoms with Crippen molar-refractivity contribution in [3.8, 4) is 0 Å². The quantitative estimate of drug-likeness (QED) is 0.781. The van der Waals surface area contributed by atoms with Crippen LogP contribution in [0.5, 0.6) is 0 Å². The molecule has 0 bridgehead atoms. The summed E-state index contributed by atoms with van der Waals surface area (Å²) in [5, 5.41) is 12.2. The topological polar surface area (TPSA) is 72.0 Å². The number of nitrogens with one attached hydrogen (secondary N) is 1. The predicted molar refractivity (Wildman–Crippen MR) is 85.8 cm³/mol. The van der Waals surface area contributed by atoms with Crippen molar-refractivity contribution >= 4 is 38.1 Å². The van der Waals surface area contributed by atoms with Crippen LogP contribution in [-0.2, 0) is 9.84 Å². The average Bonchev–Trinajstić information content (AvgIpc) is 3.18. The summed E-state index contributed by atoms with van der Waals surface area (Å²) in [4.78, 5) is 0.374. The van der Waals surface area contributed by atoms with Crippen LogP contribution < -0.4 is 5.32 Å². The zero-order valence-electron chi connectivity index (χ0n) is 11.2. The van der Waals surface area contributed by atoms with Crippen LogP contribution in [0.3, 0.4) is 0 Å². The molecule has 1 fully saturated rings. The normalized spacial score (nSPS) is 15.0. The maximum absolute atomic E-state index is 12.1. The van der Waals surface area contributed by atoms with Crippen molar-refractivity contribution in [3.05, 3.63) is 30.3 Å². The van der Waals surface area contributed by atoms with Crippen molar-refractivity contribution in [3.63, 3.8) is 0 Å². The number of thioether (sulfide) groups is 1. The fraction of sp³-hybridized carbons (Fsp3) is 0.385. The SMILES string of the molecule is O=S(=O)(CCSc1nnc(NC2CC2)s1)c1ccccc1. The van der Waals surface area contributed by atoms with Gasteiger partial charge in [0.2, 0.25) is 5.13 Å². The smallest absolute Gasteiger partial charge is 0.206 e. The molecular weight excluding hydrogens is 326 g/mol. The van der Waals surface area contributed by atoms with E-state index in [0.29, 0.717) is 16.7 Å². The first-order valence-electron chi connectivity index (χ1n) is 6.64. The Balaban J connectivity index is 1.52. The molecule has 1 saturated carbocycles. The number of anilines is 1. The van der Waals surface area contributed by atoms with E-state index >= 15 is 0 Å². The first kappa shape index (κ1) is 14.8. The second-order valence-corrected chi connectivity index (χ2v) is 9.20. The molecule has 8 heteroatoms. The Bertz CT molecular complexity index is 696. The third-order valence-electron chi connectivity index (χ3n) is 2.99. The lowest BCUT2D eigenvalue weighted by Crippen LogP contribution is -2.08. The number of sulfone groups is 1. The molecule has 0 radical (unpaired) electrons. The molecule has 2 aromatic rings. The minimum Gasteiger partial charge on any atom is -0.357 e. The van der Waals surface area contributed by atoms with E-state index in [2.05, 4.69) is 15.5 Å². The third-order valence-corrected chi connectivity index (χ3v) is 6.97. The maximum Gasteiger partial charge on any atom is 0.206 e. The van der Waals surface area contributed by atoms with Crippen molar-refractivity contribution in [1.29, 1.82) is 0 Å². The van der Waals surface area contributed by atoms with E-state index in [1.807, 2.05) is 6.07 Å². The molecule has 0 unspecified atom stereocenters. The minimum atomic E-state index is -3.21. The number of benzene rings is 1. The van der Waals surface area contributed by atoms with E-state index in [4.69, 9.17) is 0 Å². The molecule has 3 rings (SSSR count). The molecule has 0 saturated heterocycles. The highest BCUT2D eigenvalue weighted by Gasteiger charge is 2.22. The van der Waals surface area contributed by atoms with E-state index in [-0.39, 0.29) is 5.75 Å². The number of hydrogen-bond donors (Lipinski definition) is 1. The van der Waals surface area contributed by atoms with Crippen LogP contribution in [0.1, 0.15) is 12.8 Å². The lowest BCUT2D eigenvalue weighted by Gasteiger charge is -2.02. The van der Waals surface area contributed by atoms with Gasteiger partial charge in [-0.25, -0.2) is 8.42 Å². The summed E-state index contributed by atoms with van der Waals surface area (Å²) in [7, 11) is -3.21. The molecule has 1 heterocycles. The van der Waals surface area contributed by atoms with Gasteiger partial charge < -0.3 is 5.32 Å². The van der Waals surface area contributed by atoms with Crippen LogP contribution in [0.2, 0.25) is 0 Å². The molecule has 0 spiro atoms. The van der Waals surface area contributed by atoms with Gasteiger partial charge in [-0.15, -0.1) is 10.2 Å². The van der Waals surface area contributed by atoms with Crippen LogP contribution in [0.25, 0.3) is 0 Å². The lowest BCUT2D eigenvalue weighted by molar-refractivity contribution is 0.597. The fourth-order valence-corrected chi connectivity index (χ4v) is 5.28. The zero-order chi connectivity index (χ0) is 14.7. The number of nitrogens with zero attached hydrogens (tertiary/aromatic N) is 2. The van der Waals surface area contributed by atoms with Gasteiger partial charge in [-0.05, 0) is 25.0 Å². The van der Waals surface area contributed by atoms with Crippen LogP contribution in [0.15, 0.2) is 39.6 Å². The summed E-state index contributed by atoms with van der Waals surface area (Å²) < 4.78 is 25.1. The molecule has 1 aliphatic carbocycles. The van der Waals surface area contributed by atoms with E-state index in [1.165, 1.54) is 35.9 Å². The molecule has 0 aliphatic heterocycles. The summed E-state index contributed by atoms with van der Waals surface area (Å²) in [6, 6.07) is 9.09. The Morgan fingerprint density at radius 3 is 2.71 bits per heavy atom. The molecule has 5 nitrogen and oxygen atoms in total. The van der Waals surface area contributed by atoms with Gasteiger partial charge in [0.15, 0.2) is 14.2 Å². The Morgan fingerprint density at radius 1 is 1.24 bits per heavy atom. The first-order chi connectivity index (χ1) is 10.1. The van der Waals surface area contributed by atoms with Gasteiger partial charge in [0.25, 0.3) is 0 Å². The summed E-state index contributed by atoms with van der Waals surface area (Å²) in [5.74, 6) is 0.585. The van der Waals surface area contributed by atoms with Crippen LogP contribution in [0, 0.1) is 0 Å². The Kier molecular flexibility index (Phi) is 4.46. The van der Waals surface area contributed by atoms with Gasteiger partial charge in [0.05, 0.1) is 10.6 Å². The Labute approximate surface area is 132 Å². The molecule has 1 N–H and O–H groups in total. The molecule has 0 atom stereocenters. The van der Waals surface area contributed by atoms with E-state index in [1.54, 1.807) is 24.3 Å². The second-order valence-electron chi connectivity index (χ2n) is 4.77. The van der Waals surface area contributed by atoms with Crippen LogP contribution >= 0.6 is 23.1 Å². The molecule has 21 heavy (non-hydrogen) atoms. The summed E-state index contributed by atoms with van der Waals surface area (Å²) in [6.07, 6.45) is 2.38. The minimum absolute atomic E-state index is 0.104. The largest absolute Gasteiger partial charge is 0.357 e. The van der Waals surface area contributed by atoms with Gasteiger partial charge >= 0.3 is 0 Å². The van der Waals surface area contributed by atoms with Crippen molar-refractivity contribution in [2.45, 2.75) is 28.1 Å². The molecule has 1 aliphatic rings. The highest BCUT2D eigenvalue weighted by molar-refractivity contribution is 8.02. The summed E-state index contributed by atoms with van der Waals surface area (Å²) in [5.41, 5.74) is 0. The van der Waals surface area contributed by atoms with Gasteiger partial charge in [-0.1, -0.05) is 41.3 Å². The van der Waals surface area contributed by atoms with Crippen LogP contribution in [-0.4, -0.2) is 36.2 Å². The van der Waals surface area contributed by atoms with Gasteiger partial charge in [-0.3, -0.25) is 0 Å². The van der Waals surface area contributed by atoms with Gasteiger partial charge in [0, 0.05) is 11.8 Å². The van der Waals surface area contributed by atoms with Gasteiger partial charge in [-0.2, -0.15) is 0 Å². The number of aromatic nitrogens is 2. The first-order valence-corrected chi connectivity index (χ1v) is 10.1. The van der Waals surface area contributed by atoms with E-state index in [9.17, 15) is 8.42 Å². The lowest BCUT2D eigenvalue weighted by atomic mass is 10.4. The molecule has 112 valence electrons. The van der Waals surface area contributed by atoms with Crippen molar-refractivity contribution in [2.75, 3.05) is 16.8 Å². The van der Waals surface area contributed by atoms with Crippen molar-refractivity contribution in [1.82, 2.24) is 10.2 Å². The predicted octanol–water partition coefficient (Wildman–Crippen LogP) is 2.68. The van der Waals surface area contributed by atoms with Crippen molar-refractivity contribution < 1.29 is 8.42 Å². The molecule has 1 aromatic carbocycles. The molecular formula is C13H15N3O2S3. The second kappa shape index (κ2) is 6.33. The number of hydrogen-bond acceptors (Lipinski definition) is 7. The third kappa shape index (κ3) is 4.18. The molecule has 0 amide bonds. The van der Waals surface area contributed by atoms with Gasteiger partial charge in [0.1, 0.15) is 0 Å². The van der Waals surface area contributed by atoms with E-state index in [0.717, 1.165) is 9.47 Å². The highest BCUT2D eigenvalue weighted by Crippen LogP contribution is 2.30. The monoisotopic (exact) mass is 341 g/mol. The number of rotatable bonds is 7. The Hall–Kier alpha value is -1.12. The van der Waals surface area contributed by atoms with Crippen LogP contribution in [0.4, 0.5) is 5.13 Å². The average molecular weight is 341 g/mol. The fourth-order valence-electron chi connectivity index (χ4n) is 1.71. The zero-order valence-corrected chi connectivity index (χ0v) is 13.7. The standard InChI is InChI=1S/C13H15N3O2S3/c17-21(18,11-4-2-1-3-5-11)9-8-19-13-16-15-12(20-13)14-10-6-7-10/h1-5,10H,6-9H2,(H,14,15). The molecule has 1 aromatic heterocycles. The van der Waals surface area contributed by atoms with E-state index < -0.39 is 9.84 Å². The van der Waals surface area contributed by atoms with Crippen molar-refractivity contribution in [2.24, 2.45) is 0 Å². The maximum atomic E-state index is 12.1. The Morgan fingerprint density at radius 2 is 2.00 bits per heavy atom. The highest BCUT2D eigenvalue weighted by atomic mass is 32.2. The summed E-state index contributed by atoms with van der Waals surface area (Å²) >= 11 is 2.92.